The fourth-order valence-corrected chi connectivity index (χ4v) is 6.92. The molecule has 9 heteroatoms. The molecule has 2 fully saturated rings. The second kappa shape index (κ2) is 15.0. The highest BCUT2D eigenvalue weighted by molar-refractivity contribution is 6.30. The summed E-state index contributed by atoms with van der Waals surface area (Å²) in [4.78, 5) is 31.8. The molecular formula is C34H49ClN6O2. The van der Waals surface area contributed by atoms with Gasteiger partial charge in [0.25, 0.3) is 0 Å². The predicted octanol–water partition coefficient (Wildman–Crippen LogP) is 3.76. The molecular weight excluding hydrogens is 560 g/mol. The molecule has 234 valence electrons. The number of halogens is 1. The van der Waals surface area contributed by atoms with Crippen LogP contribution in [0, 0.1) is 5.92 Å². The van der Waals surface area contributed by atoms with Crippen LogP contribution in [0.5, 0.6) is 0 Å². The minimum Gasteiger partial charge on any atom is -0.344 e. The van der Waals surface area contributed by atoms with E-state index in [1.165, 1.54) is 11.1 Å². The summed E-state index contributed by atoms with van der Waals surface area (Å²) >= 11 is 6.14. The second-order valence-corrected chi connectivity index (χ2v) is 13.4. The molecule has 3 heterocycles. The lowest BCUT2D eigenvalue weighted by atomic mass is 9.92. The number of amides is 2. The van der Waals surface area contributed by atoms with Gasteiger partial charge in [-0.15, -0.1) is 0 Å². The Labute approximate surface area is 262 Å². The average molecular weight is 609 g/mol. The number of rotatable bonds is 10. The molecule has 0 spiro atoms. The summed E-state index contributed by atoms with van der Waals surface area (Å²) in [6.07, 6.45) is 3.59. The fourth-order valence-electron chi connectivity index (χ4n) is 6.80. The molecule has 0 aliphatic carbocycles. The van der Waals surface area contributed by atoms with E-state index < -0.39 is 6.04 Å². The van der Waals surface area contributed by atoms with Gasteiger partial charge in [0.15, 0.2) is 0 Å². The summed E-state index contributed by atoms with van der Waals surface area (Å²) in [6, 6.07) is 15.7. The van der Waals surface area contributed by atoms with E-state index in [9.17, 15) is 9.59 Å². The van der Waals surface area contributed by atoms with Crippen molar-refractivity contribution >= 4 is 23.4 Å². The van der Waals surface area contributed by atoms with E-state index >= 15 is 0 Å². The summed E-state index contributed by atoms with van der Waals surface area (Å²) in [6.45, 7) is 12.1. The Bertz CT molecular complexity index is 1210. The van der Waals surface area contributed by atoms with Gasteiger partial charge in [-0.2, -0.15) is 0 Å². The zero-order chi connectivity index (χ0) is 30.3. The van der Waals surface area contributed by atoms with E-state index in [-0.39, 0.29) is 17.9 Å². The van der Waals surface area contributed by atoms with E-state index in [0.717, 1.165) is 64.1 Å². The molecule has 2 aromatic rings. The Morgan fingerprint density at radius 2 is 1.70 bits per heavy atom. The molecule has 8 nitrogen and oxygen atoms in total. The molecule has 3 aliphatic heterocycles. The lowest BCUT2D eigenvalue weighted by Crippen LogP contribution is -2.60. The highest BCUT2D eigenvalue weighted by Gasteiger charge is 2.34. The van der Waals surface area contributed by atoms with E-state index in [1.807, 2.05) is 35.2 Å². The van der Waals surface area contributed by atoms with E-state index in [0.29, 0.717) is 42.9 Å². The van der Waals surface area contributed by atoms with Crippen molar-refractivity contribution < 1.29 is 9.59 Å². The van der Waals surface area contributed by atoms with Crippen LogP contribution in [0.1, 0.15) is 55.8 Å². The molecule has 0 radical (unpaired) electrons. The maximum absolute atomic E-state index is 14.0. The van der Waals surface area contributed by atoms with Gasteiger partial charge < -0.3 is 20.4 Å². The van der Waals surface area contributed by atoms with Gasteiger partial charge in [-0.25, -0.2) is 10.0 Å². The summed E-state index contributed by atoms with van der Waals surface area (Å²) in [7, 11) is 2.19. The van der Waals surface area contributed by atoms with Crippen molar-refractivity contribution in [3.63, 3.8) is 0 Å². The smallest absolute Gasteiger partial charge is 0.245 e. The Hall–Kier alpha value is -2.49. The lowest BCUT2D eigenvalue weighted by Gasteiger charge is -2.47. The number of nitrogens with zero attached hydrogens (tertiary/aromatic N) is 4. The first-order valence-corrected chi connectivity index (χ1v) is 16.5. The number of nitrogens with one attached hydrogen (secondary N) is 2. The number of hydrogen-bond donors (Lipinski definition) is 2. The summed E-state index contributed by atoms with van der Waals surface area (Å²) < 4.78 is 0. The largest absolute Gasteiger partial charge is 0.344 e. The summed E-state index contributed by atoms with van der Waals surface area (Å²) in [5.41, 5.74) is 3.45. The van der Waals surface area contributed by atoms with Crippen molar-refractivity contribution in [2.75, 3.05) is 59.4 Å². The summed E-state index contributed by atoms with van der Waals surface area (Å²) in [5, 5.41) is 12.5. The Balaban J connectivity index is 1.24. The van der Waals surface area contributed by atoms with Gasteiger partial charge in [-0.1, -0.05) is 61.8 Å². The van der Waals surface area contributed by atoms with Crippen LogP contribution < -0.4 is 10.6 Å². The molecule has 2 aromatic carbocycles. The van der Waals surface area contributed by atoms with Crippen LogP contribution >= 0.6 is 11.6 Å². The molecule has 0 bridgehead atoms. The van der Waals surface area contributed by atoms with Crippen LogP contribution in [-0.4, -0.2) is 103 Å². The monoisotopic (exact) mass is 608 g/mol. The minimum absolute atomic E-state index is 0.00811. The first-order chi connectivity index (χ1) is 20.8. The van der Waals surface area contributed by atoms with Crippen LogP contribution in [0.15, 0.2) is 48.5 Å². The molecule has 2 unspecified atom stereocenters. The number of likely N-dealkylation sites (tertiary alicyclic amines) is 1. The second-order valence-electron chi connectivity index (χ2n) is 12.9. The zero-order valence-corrected chi connectivity index (χ0v) is 26.9. The van der Waals surface area contributed by atoms with Crippen LogP contribution in [0.2, 0.25) is 5.02 Å². The molecule has 2 atom stereocenters. The molecule has 0 saturated carbocycles. The number of hydrogen-bond acceptors (Lipinski definition) is 6. The molecule has 2 N–H and O–H groups in total. The van der Waals surface area contributed by atoms with Crippen molar-refractivity contribution in [1.29, 1.82) is 0 Å². The number of carbonyl (C=O) groups is 2. The maximum atomic E-state index is 14.0. The van der Waals surface area contributed by atoms with Crippen molar-refractivity contribution in [2.45, 2.75) is 64.1 Å². The first-order valence-electron chi connectivity index (χ1n) is 16.1. The van der Waals surface area contributed by atoms with Gasteiger partial charge in [0.2, 0.25) is 11.8 Å². The SMILES string of the molecule is CC(C)CN(C1CCN(C(=O)C(Cc2ccc(Cl)cc2)NC(=O)CC2NCCc3ccccc32)CC1)N1CCN(C)CC1. The van der Waals surface area contributed by atoms with Crippen LogP contribution in [0.4, 0.5) is 0 Å². The van der Waals surface area contributed by atoms with E-state index in [1.54, 1.807) is 0 Å². The Kier molecular flexibility index (Phi) is 11.1. The van der Waals surface area contributed by atoms with Gasteiger partial charge in [0, 0.05) is 75.8 Å². The number of piperidine rings is 1. The number of piperazine rings is 1. The highest BCUT2D eigenvalue weighted by Crippen LogP contribution is 2.26. The molecule has 5 rings (SSSR count). The van der Waals surface area contributed by atoms with Gasteiger partial charge >= 0.3 is 0 Å². The number of carbonyl (C=O) groups excluding carboxylic acids is 2. The van der Waals surface area contributed by atoms with Gasteiger partial charge in [-0.3, -0.25) is 9.59 Å². The first kappa shape index (κ1) is 31.9. The van der Waals surface area contributed by atoms with Gasteiger partial charge in [0.05, 0.1) is 0 Å². The number of benzene rings is 2. The normalized spacial score (nSPS) is 21.2. The molecule has 0 aromatic heterocycles. The number of hydrazine groups is 1. The highest BCUT2D eigenvalue weighted by atomic mass is 35.5. The van der Waals surface area contributed by atoms with Crippen LogP contribution in [-0.2, 0) is 22.4 Å². The van der Waals surface area contributed by atoms with Gasteiger partial charge in [0.1, 0.15) is 6.04 Å². The Morgan fingerprint density at radius 1 is 1.00 bits per heavy atom. The minimum atomic E-state index is -0.617. The fraction of sp³-hybridized carbons (Fsp3) is 0.588. The van der Waals surface area contributed by atoms with Crippen molar-refractivity contribution in [3.8, 4) is 0 Å². The van der Waals surface area contributed by atoms with Crippen molar-refractivity contribution in [1.82, 2.24) is 30.5 Å². The average Bonchev–Trinajstić information content (AvgIpc) is 3.01. The molecule has 2 saturated heterocycles. The maximum Gasteiger partial charge on any atom is 0.245 e. The lowest BCUT2D eigenvalue weighted by molar-refractivity contribution is -0.141. The predicted molar refractivity (Wildman–Crippen MR) is 173 cm³/mol. The van der Waals surface area contributed by atoms with Crippen molar-refractivity contribution in [3.05, 3.63) is 70.2 Å². The topological polar surface area (TPSA) is 71.2 Å². The van der Waals surface area contributed by atoms with Crippen LogP contribution in [0.3, 0.4) is 0 Å². The van der Waals surface area contributed by atoms with Crippen molar-refractivity contribution in [2.24, 2.45) is 5.92 Å². The zero-order valence-electron chi connectivity index (χ0n) is 26.1. The third-order valence-corrected chi connectivity index (χ3v) is 9.44. The van der Waals surface area contributed by atoms with E-state index in [2.05, 4.69) is 64.6 Å². The quantitative estimate of drug-likeness (QED) is 0.428. The van der Waals surface area contributed by atoms with E-state index in [4.69, 9.17) is 11.6 Å². The number of fused-ring (bicyclic) bond motifs is 1. The van der Waals surface area contributed by atoms with Gasteiger partial charge in [-0.05, 0) is 67.6 Å². The third kappa shape index (κ3) is 8.58. The summed E-state index contributed by atoms with van der Waals surface area (Å²) in [5.74, 6) is 0.479. The molecule has 3 aliphatic rings. The standard InChI is InChI=1S/C34H49ClN6O2/c1-25(2)24-41(40-20-18-38(3)19-21-40)29-13-16-39(17-14-29)34(43)32(22-26-8-10-28(35)11-9-26)37-33(42)23-31-30-7-5-4-6-27(30)12-15-36-31/h4-11,25,29,31-32,36H,12-24H2,1-3H3,(H,37,42). The molecule has 2 amide bonds. The number of likely N-dealkylation sites (N-methyl/N-ethyl adjacent to an activating group) is 1. The van der Waals surface area contributed by atoms with Crippen LogP contribution in [0.25, 0.3) is 0 Å². The third-order valence-electron chi connectivity index (χ3n) is 9.18. The molecule has 43 heavy (non-hydrogen) atoms. The Morgan fingerprint density at radius 3 is 2.40 bits per heavy atom.